The lowest BCUT2D eigenvalue weighted by molar-refractivity contribution is 0.0708. The van der Waals surface area contributed by atoms with Crippen molar-refractivity contribution in [3.8, 4) is 0 Å². The average Bonchev–Trinajstić information content (AvgIpc) is 3.50. The van der Waals surface area contributed by atoms with Crippen molar-refractivity contribution in [2.45, 2.75) is 32.2 Å². The molecule has 4 heterocycles. The van der Waals surface area contributed by atoms with Gasteiger partial charge >= 0.3 is 0 Å². The van der Waals surface area contributed by atoms with Crippen molar-refractivity contribution in [1.29, 1.82) is 0 Å². The molecule has 0 unspecified atom stereocenters. The van der Waals surface area contributed by atoms with E-state index in [1.807, 2.05) is 36.1 Å². The molecule has 172 valence electrons. The molecule has 2 fully saturated rings. The van der Waals surface area contributed by atoms with Crippen molar-refractivity contribution in [3.63, 3.8) is 0 Å². The second-order valence-electron chi connectivity index (χ2n) is 8.38. The van der Waals surface area contributed by atoms with Crippen LogP contribution < -0.4 is 4.90 Å². The number of carbonyl (C=O) groups excluding carboxylic acids is 1. The minimum absolute atomic E-state index is 0.122. The van der Waals surface area contributed by atoms with E-state index in [9.17, 15) is 4.79 Å². The second kappa shape index (κ2) is 9.49. The number of nitrogens with zero attached hydrogens (tertiary/aromatic N) is 5. The first-order valence-corrected chi connectivity index (χ1v) is 11.6. The summed E-state index contributed by atoms with van der Waals surface area (Å²) in [5.41, 5.74) is 2.15. The molecule has 33 heavy (non-hydrogen) atoms. The summed E-state index contributed by atoms with van der Waals surface area (Å²) in [6, 6.07) is 9.23. The molecule has 2 aromatic heterocycles. The number of hydrogen-bond acceptors (Lipinski definition) is 7. The Kier molecular flexibility index (Phi) is 6.28. The van der Waals surface area contributed by atoms with Crippen molar-refractivity contribution >= 4 is 23.5 Å². The molecule has 2 aliphatic heterocycles. The molecular weight excluding hydrogens is 442 g/mol. The minimum Gasteiger partial charge on any atom is -0.443 e. The summed E-state index contributed by atoms with van der Waals surface area (Å²) < 4.78 is 11.5. The number of ether oxygens (including phenoxy) is 1. The monoisotopic (exact) mass is 467 g/mol. The topological polar surface area (TPSA) is 84.6 Å². The molecule has 2 aliphatic rings. The standard InChI is InChI=1S/C24H26ClN5O3/c1-16-13-20(28-24(27-16)29-9-11-32-12-10-29)23(31)30-8-4-7-21(30)22-26-15-18(33-22)14-17-5-2-3-6-19(17)25/h2-3,5-6,13,15,21H,4,7-12,14H2,1H3/t21-/m1/s1. The summed E-state index contributed by atoms with van der Waals surface area (Å²) in [4.78, 5) is 31.0. The van der Waals surface area contributed by atoms with Gasteiger partial charge in [-0.05, 0) is 37.5 Å². The van der Waals surface area contributed by atoms with Crippen LogP contribution in [-0.4, -0.2) is 58.6 Å². The number of morpholine rings is 1. The molecule has 0 aliphatic carbocycles. The zero-order chi connectivity index (χ0) is 22.8. The summed E-state index contributed by atoms with van der Waals surface area (Å²) in [7, 11) is 0. The van der Waals surface area contributed by atoms with E-state index in [0.29, 0.717) is 61.8 Å². The molecule has 0 spiro atoms. The first kappa shape index (κ1) is 21.9. The van der Waals surface area contributed by atoms with E-state index in [4.69, 9.17) is 20.8 Å². The molecule has 0 radical (unpaired) electrons. The molecule has 0 N–H and O–H groups in total. The summed E-state index contributed by atoms with van der Waals surface area (Å²) in [5, 5.41) is 0.698. The summed E-state index contributed by atoms with van der Waals surface area (Å²) in [6.45, 7) is 5.23. The summed E-state index contributed by atoms with van der Waals surface area (Å²) in [5.74, 6) is 1.74. The van der Waals surface area contributed by atoms with Crippen LogP contribution in [0.5, 0.6) is 0 Å². The predicted molar refractivity (Wildman–Crippen MR) is 124 cm³/mol. The molecule has 2 saturated heterocycles. The van der Waals surface area contributed by atoms with Gasteiger partial charge in [-0.1, -0.05) is 29.8 Å². The van der Waals surface area contributed by atoms with Crippen LogP contribution in [0.2, 0.25) is 5.02 Å². The lowest BCUT2D eigenvalue weighted by Gasteiger charge is -2.27. The fourth-order valence-corrected chi connectivity index (χ4v) is 4.57. The predicted octanol–water partition coefficient (Wildman–Crippen LogP) is 3.83. The van der Waals surface area contributed by atoms with Crippen LogP contribution in [0, 0.1) is 6.92 Å². The SMILES string of the molecule is Cc1cc(C(=O)N2CCC[C@@H]2c2ncc(Cc3ccccc3Cl)o2)nc(N2CCOCC2)n1. The Morgan fingerprint density at radius 1 is 1.18 bits per heavy atom. The Hall–Kier alpha value is -2.97. The number of benzene rings is 1. The number of aromatic nitrogens is 3. The summed E-state index contributed by atoms with van der Waals surface area (Å²) >= 11 is 6.28. The van der Waals surface area contributed by atoms with E-state index in [1.165, 1.54) is 0 Å². The molecule has 8 nitrogen and oxygen atoms in total. The van der Waals surface area contributed by atoms with Gasteiger partial charge in [-0.15, -0.1) is 0 Å². The first-order chi connectivity index (χ1) is 16.1. The van der Waals surface area contributed by atoms with Gasteiger partial charge in [0.25, 0.3) is 5.91 Å². The maximum absolute atomic E-state index is 13.5. The number of hydrogen-bond donors (Lipinski definition) is 0. The fraction of sp³-hybridized carbons (Fsp3) is 0.417. The third-order valence-corrected chi connectivity index (χ3v) is 6.42. The highest BCUT2D eigenvalue weighted by molar-refractivity contribution is 6.31. The minimum atomic E-state index is -0.209. The Morgan fingerprint density at radius 2 is 2.00 bits per heavy atom. The van der Waals surface area contributed by atoms with E-state index in [0.717, 1.165) is 29.9 Å². The maximum atomic E-state index is 13.5. The van der Waals surface area contributed by atoms with Crippen LogP contribution in [0.3, 0.4) is 0 Å². The van der Waals surface area contributed by atoms with Gasteiger partial charge in [0.2, 0.25) is 11.8 Å². The van der Waals surface area contributed by atoms with Crippen LogP contribution in [0.15, 0.2) is 40.9 Å². The van der Waals surface area contributed by atoms with Crippen LogP contribution in [-0.2, 0) is 11.2 Å². The number of likely N-dealkylation sites (tertiary alicyclic amines) is 1. The molecule has 1 aromatic carbocycles. The average molecular weight is 468 g/mol. The third kappa shape index (κ3) is 4.72. The maximum Gasteiger partial charge on any atom is 0.273 e. The molecule has 1 atom stereocenters. The van der Waals surface area contributed by atoms with Crippen LogP contribution in [0.1, 0.15) is 52.3 Å². The molecule has 9 heteroatoms. The highest BCUT2D eigenvalue weighted by Crippen LogP contribution is 2.33. The van der Waals surface area contributed by atoms with Gasteiger partial charge in [0.1, 0.15) is 17.5 Å². The number of aryl methyl sites for hydroxylation is 1. The van der Waals surface area contributed by atoms with Crippen molar-refractivity contribution in [1.82, 2.24) is 19.9 Å². The Morgan fingerprint density at radius 3 is 2.82 bits per heavy atom. The molecule has 3 aromatic rings. The quantitative estimate of drug-likeness (QED) is 0.563. The smallest absolute Gasteiger partial charge is 0.273 e. The van der Waals surface area contributed by atoms with Gasteiger partial charge in [-0.25, -0.2) is 15.0 Å². The van der Waals surface area contributed by atoms with Crippen molar-refractivity contribution in [3.05, 3.63) is 70.2 Å². The van der Waals surface area contributed by atoms with E-state index < -0.39 is 0 Å². The molecule has 1 amide bonds. The number of oxazole rings is 1. The van der Waals surface area contributed by atoms with E-state index in [1.54, 1.807) is 12.3 Å². The van der Waals surface area contributed by atoms with Crippen molar-refractivity contribution < 1.29 is 13.9 Å². The van der Waals surface area contributed by atoms with Gasteiger partial charge in [-0.3, -0.25) is 4.79 Å². The summed E-state index contributed by atoms with van der Waals surface area (Å²) in [6.07, 6.45) is 3.98. The van der Waals surface area contributed by atoms with Gasteiger partial charge in [-0.2, -0.15) is 0 Å². The van der Waals surface area contributed by atoms with E-state index in [2.05, 4.69) is 19.9 Å². The number of anilines is 1. The normalized spacial score (nSPS) is 18.7. The number of amides is 1. The molecule has 5 rings (SSSR count). The zero-order valence-corrected chi connectivity index (χ0v) is 19.3. The molecule has 0 saturated carbocycles. The van der Waals surface area contributed by atoms with Gasteiger partial charge in [0.05, 0.1) is 19.4 Å². The van der Waals surface area contributed by atoms with Crippen molar-refractivity contribution in [2.24, 2.45) is 0 Å². The van der Waals surface area contributed by atoms with Gasteiger partial charge in [0, 0.05) is 36.8 Å². The van der Waals surface area contributed by atoms with Crippen molar-refractivity contribution in [2.75, 3.05) is 37.7 Å². The highest BCUT2D eigenvalue weighted by atomic mass is 35.5. The molecule has 0 bridgehead atoms. The van der Waals surface area contributed by atoms with E-state index >= 15 is 0 Å². The van der Waals surface area contributed by atoms with Crippen LogP contribution in [0.25, 0.3) is 0 Å². The second-order valence-corrected chi connectivity index (χ2v) is 8.79. The van der Waals surface area contributed by atoms with Crippen LogP contribution >= 0.6 is 11.6 Å². The number of halogens is 1. The zero-order valence-electron chi connectivity index (χ0n) is 18.5. The Balaban J connectivity index is 1.35. The Bertz CT molecular complexity index is 1140. The first-order valence-electron chi connectivity index (χ1n) is 11.3. The van der Waals surface area contributed by atoms with Gasteiger partial charge in [0.15, 0.2) is 0 Å². The van der Waals surface area contributed by atoms with Gasteiger partial charge < -0.3 is 19.0 Å². The lowest BCUT2D eigenvalue weighted by atomic mass is 10.1. The number of rotatable bonds is 5. The third-order valence-electron chi connectivity index (χ3n) is 6.05. The Labute approximate surface area is 197 Å². The lowest BCUT2D eigenvalue weighted by Crippen LogP contribution is -2.38. The molecular formula is C24H26ClN5O3. The number of carbonyl (C=O) groups is 1. The van der Waals surface area contributed by atoms with Crippen LogP contribution in [0.4, 0.5) is 5.95 Å². The highest BCUT2D eigenvalue weighted by Gasteiger charge is 2.35. The van der Waals surface area contributed by atoms with E-state index in [-0.39, 0.29) is 11.9 Å². The fourth-order valence-electron chi connectivity index (χ4n) is 4.37. The largest absolute Gasteiger partial charge is 0.443 e.